The summed E-state index contributed by atoms with van der Waals surface area (Å²) in [5, 5.41) is 6.19. The molecule has 0 radical (unpaired) electrons. The first-order valence-corrected chi connectivity index (χ1v) is 8.04. The average Bonchev–Trinajstić information content (AvgIpc) is 2.59. The molecule has 2 aromatic carbocycles. The van der Waals surface area contributed by atoms with Crippen LogP contribution >= 0.6 is 0 Å². The largest absolute Gasteiger partial charge is 0.494 e. The van der Waals surface area contributed by atoms with E-state index >= 15 is 0 Å². The van der Waals surface area contributed by atoms with Crippen molar-refractivity contribution in [3.8, 4) is 5.75 Å². The van der Waals surface area contributed by atoms with Gasteiger partial charge in [-0.2, -0.15) is 0 Å². The molecule has 2 rings (SSSR count). The van der Waals surface area contributed by atoms with Crippen molar-refractivity contribution in [2.45, 2.75) is 26.3 Å². The molecule has 0 aromatic heterocycles. The van der Waals surface area contributed by atoms with Crippen LogP contribution in [0.2, 0.25) is 0 Å². The van der Waals surface area contributed by atoms with Gasteiger partial charge in [-0.05, 0) is 31.0 Å². The van der Waals surface area contributed by atoms with Gasteiger partial charge in [0.25, 0.3) is 0 Å². The Morgan fingerprint density at radius 3 is 2.57 bits per heavy atom. The molecule has 23 heavy (non-hydrogen) atoms. The molecular formula is C19H24N2O2. The number of hydrogen-bond donors (Lipinski definition) is 2. The number of amides is 1. The standard InChI is InChI=1S/C19H24N2O2/c1-3-18(15-9-6-5-7-10-15)21-19(22)14-20-16-11-8-12-17(13-16)23-4-2/h5-13,18,20H,3-4,14H2,1-2H3,(H,21,22). The highest BCUT2D eigenvalue weighted by molar-refractivity contribution is 5.81. The molecule has 0 bridgehead atoms. The highest BCUT2D eigenvalue weighted by Crippen LogP contribution is 2.18. The van der Waals surface area contributed by atoms with E-state index < -0.39 is 0 Å². The van der Waals surface area contributed by atoms with Crippen molar-refractivity contribution < 1.29 is 9.53 Å². The Morgan fingerprint density at radius 1 is 1.09 bits per heavy atom. The molecule has 0 heterocycles. The minimum atomic E-state index is -0.0254. The van der Waals surface area contributed by atoms with E-state index in [0.717, 1.165) is 23.4 Å². The predicted octanol–water partition coefficient (Wildman–Crippen LogP) is 3.76. The van der Waals surface area contributed by atoms with Gasteiger partial charge in [0.15, 0.2) is 0 Å². The predicted molar refractivity (Wildman–Crippen MR) is 93.7 cm³/mol. The molecule has 0 aliphatic rings. The van der Waals surface area contributed by atoms with Gasteiger partial charge in [-0.25, -0.2) is 0 Å². The van der Waals surface area contributed by atoms with Crippen LogP contribution in [0.25, 0.3) is 0 Å². The minimum Gasteiger partial charge on any atom is -0.494 e. The molecule has 0 fully saturated rings. The van der Waals surface area contributed by atoms with Crippen molar-refractivity contribution in [1.29, 1.82) is 0 Å². The van der Waals surface area contributed by atoms with E-state index in [9.17, 15) is 4.79 Å². The summed E-state index contributed by atoms with van der Waals surface area (Å²) in [5.74, 6) is 0.774. The summed E-state index contributed by atoms with van der Waals surface area (Å²) >= 11 is 0. The van der Waals surface area contributed by atoms with Crippen molar-refractivity contribution in [3.05, 3.63) is 60.2 Å². The normalized spacial score (nSPS) is 11.6. The van der Waals surface area contributed by atoms with Crippen LogP contribution in [0, 0.1) is 0 Å². The van der Waals surface area contributed by atoms with Crippen LogP contribution in [0.15, 0.2) is 54.6 Å². The van der Waals surface area contributed by atoms with Crippen molar-refractivity contribution in [2.75, 3.05) is 18.5 Å². The fourth-order valence-electron chi connectivity index (χ4n) is 2.40. The molecule has 1 unspecified atom stereocenters. The molecule has 2 aromatic rings. The van der Waals surface area contributed by atoms with Crippen molar-refractivity contribution in [1.82, 2.24) is 5.32 Å². The maximum absolute atomic E-state index is 12.2. The maximum atomic E-state index is 12.2. The third kappa shape index (κ3) is 5.33. The van der Waals surface area contributed by atoms with E-state index in [4.69, 9.17) is 4.74 Å². The lowest BCUT2D eigenvalue weighted by Gasteiger charge is -2.18. The number of ether oxygens (including phenoxy) is 1. The molecule has 0 aliphatic carbocycles. The smallest absolute Gasteiger partial charge is 0.239 e. The Morgan fingerprint density at radius 2 is 1.87 bits per heavy atom. The summed E-state index contributed by atoms with van der Waals surface area (Å²) in [6, 6.07) is 17.7. The van der Waals surface area contributed by atoms with E-state index in [1.807, 2.05) is 61.5 Å². The van der Waals surface area contributed by atoms with Crippen molar-refractivity contribution in [2.24, 2.45) is 0 Å². The van der Waals surface area contributed by atoms with Crippen LogP contribution in [0.3, 0.4) is 0 Å². The third-order valence-corrected chi connectivity index (χ3v) is 3.54. The zero-order chi connectivity index (χ0) is 16.5. The molecule has 1 atom stereocenters. The summed E-state index contributed by atoms with van der Waals surface area (Å²) in [4.78, 5) is 12.2. The van der Waals surface area contributed by atoms with E-state index in [0.29, 0.717) is 6.61 Å². The highest BCUT2D eigenvalue weighted by atomic mass is 16.5. The van der Waals surface area contributed by atoms with E-state index in [1.165, 1.54) is 0 Å². The summed E-state index contributed by atoms with van der Waals surface area (Å²) in [7, 11) is 0. The molecular weight excluding hydrogens is 288 g/mol. The van der Waals surface area contributed by atoms with E-state index in [2.05, 4.69) is 17.6 Å². The second-order valence-corrected chi connectivity index (χ2v) is 5.25. The van der Waals surface area contributed by atoms with Gasteiger partial charge >= 0.3 is 0 Å². The molecule has 122 valence electrons. The van der Waals surface area contributed by atoms with Gasteiger partial charge < -0.3 is 15.4 Å². The quantitative estimate of drug-likeness (QED) is 0.780. The summed E-state index contributed by atoms with van der Waals surface area (Å²) in [6.07, 6.45) is 0.857. The van der Waals surface area contributed by atoms with Crippen molar-refractivity contribution in [3.63, 3.8) is 0 Å². The Bertz CT molecular complexity index is 614. The first-order valence-electron chi connectivity index (χ1n) is 8.04. The second kappa shape index (κ2) is 8.83. The second-order valence-electron chi connectivity index (χ2n) is 5.25. The maximum Gasteiger partial charge on any atom is 0.239 e. The number of rotatable bonds is 8. The van der Waals surface area contributed by atoms with Crippen LogP contribution in [-0.4, -0.2) is 19.1 Å². The summed E-state index contributed by atoms with van der Waals surface area (Å²) in [6.45, 7) is 4.87. The van der Waals surface area contributed by atoms with Gasteiger partial charge in [0, 0.05) is 11.8 Å². The monoisotopic (exact) mass is 312 g/mol. The molecule has 0 saturated heterocycles. The van der Waals surface area contributed by atoms with Crippen molar-refractivity contribution >= 4 is 11.6 Å². The highest BCUT2D eigenvalue weighted by Gasteiger charge is 2.12. The average molecular weight is 312 g/mol. The van der Waals surface area contributed by atoms with E-state index in [1.54, 1.807) is 0 Å². The first-order chi connectivity index (χ1) is 11.2. The molecule has 1 amide bonds. The van der Waals surface area contributed by atoms with Crippen LogP contribution in [-0.2, 0) is 4.79 Å². The zero-order valence-electron chi connectivity index (χ0n) is 13.7. The van der Waals surface area contributed by atoms with E-state index in [-0.39, 0.29) is 18.5 Å². The molecule has 4 nitrogen and oxygen atoms in total. The molecule has 2 N–H and O–H groups in total. The molecule has 0 saturated carbocycles. The van der Waals surface area contributed by atoms with Crippen LogP contribution < -0.4 is 15.4 Å². The van der Waals surface area contributed by atoms with Gasteiger partial charge in [-0.15, -0.1) is 0 Å². The van der Waals surface area contributed by atoms with Gasteiger partial charge in [0.2, 0.25) is 5.91 Å². The lowest BCUT2D eigenvalue weighted by Crippen LogP contribution is -2.33. The van der Waals surface area contributed by atoms with Crippen LogP contribution in [0.4, 0.5) is 5.69 Å². The summed E-state index contributed by atoms with van der Waals surface area (Å²) in [5.41, 5.74) is 2.00. The lowest BCUT2D eigenvalue weighted by atomic mass is 10.0. The van der Waals surface area contributed by atoms with Gasteiger partial charge in [0.05, 0.1) is 19.2 Å². The van der Waals surface area contributed by atoms with Gasteiger partial charge in [-0.3, -0.25) is 4.79 Å². The number of nitrogens with one attached hydrogen (secondary N) is 2. The fourth-order valence-corrected chi connectivity index (χ4v) is 2.40. The molecule has 4 heteroatoms. The Balaban J connectivity index is 1.88. The minimum absolute atomic E-state index is 0.0254. The van der Waals surface area contributed by atoms with Gasteiger partial charge in [-0.1, -0.05) is 43.3 Å². The topological polar surface area (TPSA) is 50.4 Å². The SMILES string of the molecule is CCOc1cccc(NCC(=O)NC(CC)c2ccccc2)c1. The Hall–Kier alpha value is -2.49. The van der Waals surface area contributed by atoms with Crippen LogP contribution in [0.5, 0.6) is 5.75 Å². The third-order valence-electron chi connectivity index (χ3n) is 3.54. The van der Waals surface area contributed by atoms with Crippen LogP contribution in [0.1, 0.15) is 31.9 Å². The number of hydrogen-bond acceptors (Lipinski definition) is 3. The fraction of sp³-hybridized carbons (Fsp3) is 0.316. The zero-order valence-corrected chi connectivity index (χ0v) is 13.7. The Kier molecular flexibility index (Phi) is 6.48. The molecule has 0 aliphatic heterocycles. The summed E-state index contributed by atoms with van der Waals surface area (Å²) < 4.78 is 5.45. The molecule has 0 spiro atoms. The number of carbonyl (C=O) groups is 1. The Labute approximate surface area is 137 Å². The first kappa shape index (κ1) is 16.9. The number of anilines is 1. The lowest BCUT2D eigenvalue weighted by molar-refractivity contribution is -0.120. The number of benzene rings is 2. The number of carbonyl (C=O) groups excluding carboxylic acids is 1. The van der Waals surface area contributed by atoms with Gasteiger partial charge in [0.1, 0.15) is 5.75 Å².